The summed E-state index contributed by atoms with van der Waals surface area (Å²) < 4.78 is 5.12. The van der Waals surface area contributed by atoms with Crippen LogP contribution in [0.25, 0.3) is 0 Å². The molecule has 126 valence electrons. The number of carbonyl (C=O) groups excluding carboxylic acids is 1. The van der Waals surface area contributed by atoms with Crippen LogP contribution in [0, 0.1) is 6.92 Å². The van der Waals surface area contributed by atoms with Crippen LogP contribution in [0.15, 0.2) is 34.9 Å². The molecule has 0 saturated carbocycles. The predicted octanol–water partition coefficient (Wildman–Crippen LogP) is 2.63. The summed E-state index contributed by atoms with van der Waals surface area (Å²) in [6.45, 7) is 3.15. The number of carboxylic acids is 1. The summed E-state index contributed by atoms with van der Waals surface area (Å²) in [5.74, 6) is -0.169. The molecule has 0 bridgehead atoms. The van der Waals surface area contributed by atoms with E-state index >= 15 is 0 Å². The van der Waals surface area contributed by atoms with E-state index in [1.807, 2.05) is 17.9 Å². The Morgan fingerprint density at radius 3 is 2.92 bits per heavy atom. The third-order valence-electron chi connectivity index (χ3n) is 4.38. The monoisotopic (exact) mass is 328 g/mol. The molecular formula is C18H20N2O4. The molecule has 0 spiro atoms. The van der Waals surface area contributed by atoms with Crippen molar-refractivity contribution in [3.8, 4) is 0 Å². The van der Waals surface area contributed by atoms with E-state index in [2.05, 4.69) is 5.16 Å². The molecule has 2 aromatic rings. The van der Waals surface area contributed by atoms with Gasteiger partial charge >= 0.3 is 5.97 Å². The molecule has 1 fully saturated rings. The van der Waals surface area contributed by atoms with Crippen molar-refractivity contribution in [1.82, 2.24) is 10.1 Å². The number of amides is 1. The fourth-order valence-electron chi connectivity index (χ4n) is 3.16. The third-order valence-corrected chi connectivity index (χ3v) is 4.38. The summed E-state index contributed by atoms with van der Waals surface area (Å²) in [7, 11) is 0. The van der Waals surface area contributed by atoms with Crippen molar-refractivity contribution < 1.29 is 19.2 Å². The van der Waals surface area contributed by atoms with Crippen LogP contribution in [0.2, 0.25) is 0 Å². The number of aryl methyl sites for hydroxylation is 1. The second-order valence-electron chi connectivity index (χ2n) is 6.22. The van der Waals surface area contributed by atoms with Gasteiger partial charge in [-0.2, -0.15) is 0 Å². The van der Waals surface area contributed by atoms with Gasteiger partial charge in [0.1, 0.15) is 5.76 Å². The minimum absolute atomic E-state index is 0.0187. The molecule has 1 aromatic heterocycles. The number of piperidine rings is 1. The first kappa shape index (κ1) is 16.2. The van der Waals surface area contributed by atoms with Crippen molar-refractivity contribution in [3.05, 3.63) is 52.9 Å². The minimum atomic E-state index is -0.929. The Morgan fingerprint density at radius 2 is 2.21 bits per heavy atom. The lowest BCUT2D eigenvalue weighted by Crippen LogP contribution is -2.39. The number of nitrogens with zero attached hydrogens (tertiary/aromatic N) is 2. The summed E-state index contributed by atoms with van der Waals surface area (Å²) >= 11 is 0. The van der Waals surface area contributed by atoms with Gasteiger partial charge in [0.15, 0.2) is 0 Å². The molecule has 6 heteroatoms. The number of carbonyl (C=O) groups is 2. The van der Waals surface area contributed by atoms with Gasteiger partial charge < -0.3 is 14.5 Å². The van der Waals surface area contributed by atoms with Crippen molar-refractivity contribution in [1.29, 1.82) is 0 Å². The summed E-state index contributed by atoms with van der Waals surface area (Å²) in [4.78, 5) is 25.4. The minimum Gasteiger partial charge on any atom is -0.478 e. The number of aromatic carboxylic acids is 1. The molecule has 24 heavy (non-hydrogen) atoms. The normalized spacial score (nSPS) is 17.7. The maximum atomic E-state index is 12.5. The van der Waals surface area contributed by atoms with Crippen LogP contribution < -0.4 is 0 Å². The molecule has 1 atom stereocenters. The molecule has 1 aromatic carbocycles. The highest BCUT2D eigenvalue weighted by molar-refractivity contribution is 5.87. The summed E-state index contributed by atoms with van der Waals surface area (Å²) in [6, 6.07) is 8.77. The molecule has 1 amide bonds. The van der Waals surface area contributed by atoms with Crippen molar-refractivity contribution in [2.75, 3.05) is 13.1 Å². The van der Waals surface area contributed by atoms with Crippen LogP contribution in [-0.2, 0) is 11.2 Å². The van der Waals surface area contributed by atoms with E-state index in [4.69, 9.17) is 9.63 Å². The van der Waals surface area contributed by atoms with Crippen LogP contribution >= 0.6 is 0 Å². The zero-order chi connectivity index (χ0) is 17.1. The molecule has 0 aliphatic carbocycles. The van der Waals surface area contributed by atoms with Gasteiger partial charge in [0.2, 0.25) is 5.91 Å². The zero-order valence-corrected chi connectivity index (χ0v) is 13.6. The number of carboxylic acid groups (broad SMARTS) is 1. The fourth-order valence-corrected chi connectivity index (χ4v) is 3.16. The fraction of sp³-hybridized carbons (Fsp3) is 0.389. The van der Waals surface area contributed by atoms with E-state index in [0.29, 0.717) is 12.3 Å². The van der Waals surface area contributed by atoms with E-state index < -0.39 is 5.97 Å². The Labute approximate surface area is 140 Å². The third kappa shape index (κ3) is 3.64. The Bertz CT molecular complexity index is 753. The van der Waals surface area contributed by atoms with Gasteiger partial charge in [0, 0.05) is 25.1 Å². The van der Waals surface area contributed by atoms with Gasteiger partial charge in [-0.15, -0.1) is 0 Å². The van der Waals surface area contributed by atoms with Gasteiger partial charge in [-0.25, -0.2) is 4.79 Å². The van der Waals surface area contributed by atoms with E-state index in [9.17, 15) is 9.59 Å². The summed E-state index contributed by atoms with van der Waals surface area (Å²) in [5.41, 5.74) is 2.02. The Balaban J connectivity index is 1.68. The molecular weight excluding hydrogens is 308 g/mol. The maximum absolute atomic E-state index is 12.5. The molecule has 6 nitrogen and oxygen atoms in total. The molecule has 0 radical (unpaired) electrons. The number of hydrogen-bond acceptors (Lipinski definition) is 4. The number of aromatic nitrogens is 1. The van der Waals surface area contributed by atoms with Gasteiger partial charge in [0.25, 0.3) is 0 Å². The van der Waals surface area contributed by atoms with E-state index in [1.54, 1.807) is 24.3 Å². The highest BCUT2D eigenvalue weighted by Crippen LogP contribution is 2.28. The second-order valence-corrected chi connectivity index (χ2v) is 6.22. The second kappa shape index (κ2) is 6.86. The average molecular weight is 328 g/mol. The molecule has 1 aliphatic heterocycles. The number of likely N-dealkylation sites (tertiary alicyclic amines) is 1. The van der Waals surface area contributed by atoms with Crippen molar-refractivity contribution in [2.24, 2.45) is 0 Å². The topological polar surface area (TPSA) is 83.6 Å². The molecule has 3 rings (SSSR count). The molecule has 0 unspecified atom stereocenters. The number of hydrogen-bond donors (Lipinski definition) is 1. The Hall–Kier alpha value is -2.63. The van der Waals surface area contributed by atoms with Crippen molar-refractivity contribution >= 4 is 11.9 Å². The van der Waals surface area contributed by atoms with Crippen LogP contribution in [0.5, 0.6) is 0 Å². The zero-order valence-electron chi connectivity index (χ0n) is 13.6. The smallest absolute Gasteiger partial charge is 0.335 e. The highest BCUT2D eigenvalue weighted by Gasteiger charge is 2.26. The SMILES string of the molecule is Cc1cc(CC(=O)N2CCC[C@H](c3cccc(C(=O)O)c3)C2)on1. The van der Waals surface area contributed by atoms with E-state index in [1.165, 1.54) is 0 Å². The highest BCUT2D eigenvalue weighted by atomic mass is 16.5. The van der Waals surface area contributed by atoms with Crippen LogP contribution in [0.3, 0.4) is 0 Å². The standard InChI is InChI=1S/C18H20N2O4/c1-12-8-16(24-19-12)10-17(21)20-7-3-6-15(11-20)13-4-2-5-14(9-13)18(22)23/h2,4-5,8-9,15H,3,6-7,10-11H2,1H3,(H,22,23)/t15-/m0/s1. The first-order valence-corrected chi connectivity index (χ1v) is 8.06. The Kier molecular flexibility index (Phi) is 4.64. The van der Waals surface area contributed by atoms with E-state index in [0.717, 1.165) is 30.6 Å². The first-order chi connectivity index (χ1) is 11.5. The average Bonchev–Trinajstić information content (AvgIpc) is 3.00. The molecule has 2 heterocycles. The number of benzene rings is 1. The predicted molar refractivity (Wildman–Crippen MR) is 86.9 cm³/mol. The lowest BCUT2D eigenvalue weighted by atomic mass is 9.89. The van der Waals surface area contributed by atoms with E-state index in [-0.39, 0.29) is 23.8 Å². The quantitative estimate of drug-likeness (QED) is 0.933. The lowest BCUT2D eigenvalue weighted by Gasteiger charge is -2.33. The summed E-state index contributed by atoms with van der Waals surface area (Å²) in [5, 5.41) is 12.9. The van der Waals surface area contributed by atoms with Crippen LogP contribution in [0.4, 0.5) is 0 Å². The van der Waals surface area contributed by atoms with Crippen molar-refractivity contribution in [2.45, 2.75) is 32.1 Å². The van der Waals surface area contributed by atoms with Gasteiger partial charge in [-0.1, -0.05) is 17.3 Å². The Morgan fingerprint density at radius 1 is 1.38 bits per heavy atom. The van der Waals surface area contributed by atoms with Gasteiger partial charge in [-0.05, 0) is 37.5 Å². The van der Waals surface area contributed by atoms with Crippen LogP contribution in [-0.4, -0.2) is 40.1 Å². The van der Waals surface area contributed by atoms with Crippen LogP contribution in [0.1, 0.15) is 46.1 Å². The summed E-state index contributed by atoms with van der Waals surface area (Å²) in [6.07, 6.45) is 2.07. The number of rotatable bonds is 4. The van der Waals surface area contributed by atoms with Crippen molar-refractivity contribution in [3.63, 3.8) is 0 Å². The van der Waals surface area contributed by atoms with Gasteiger partial charge in [0.05, 0.1) is 17.7 Å². The first-order valence-electron chi connectivity index (χ1n) is 8.06. The molecule has 1 N–H and O–H groups in total. The van der Waals surface area contributed by atoms with Gasteiger partial charge in [-0.3, -0.25) is 4.79 Å². The lowest BCUT2D eigenvalue weighted by molar-refractivity contribution is -0.132. The maximum Gasteiger partial charge on any atom is 0.335 e. The largest absolute Gasteiger partial charge is 0.478 e. The molecule has 1 aliphatic rings. The molecule has 1 saturated heterocycles.